The molecule has 1 fully saturated rings. The molecule has 1 aromatic rings. The highest BCUT2D eigenvalue weighted by Gasteiger charge is 2.22. The van der Waals surface area contributed by atoms with Gasteiger partial charge in [-0.25, -0.2) is 10.3 Å². The van der Waals surface area contributed by atoms with Gasteiger partial charge in [-0.15, -0.1) is 0 Å². The van der Waals surface area contributed by atoms with Crippen LogP contribution in [0.4, 0.5) is 10.5 Å². The van der Waals surface area contributed by atoms with Crippen LogP contribution in [0, 0.1) is 12.8 Å². The van der Waals surface area contributed by atoms with Crippen LogP contribution in [0.5, 0.6) is 0 Å². The fourth-order valence-electron chi connectivity index (χ4n) is 2.87. The summed E-state index contributed by atoms with van der Waals surface area (Å²) in [7, 11) is 0. The Kier molecular flexibility index (Phi) is 6.40. The first-order valence-electron chi connectivity index (χ1n) is 8.14. The largest absolute Gasteiger partial charge is 0.325 e. The number of piperidine rings is 1. The second-order valence-corrected chi connectivity index (χ2v) is 6.15. The predicted molar refractivity (Wildman–Crippen MR) is 88.3 cm³/mol. The zero-order chi connectivity index (χ0) is 16.7. The number of hydrogen-bond acceptors (Lipinski definition) is 3. The molecule has 0 aliphatic carbocycles. The van der Waals surface area contributed by atoms with E-state index in [2.05, 4.69) is 5.32 Å². The molecule has 0 unspecified atom stereocenters. The van der Waals surface area contributed by atoms with Crippen LogP contribution in [0.1, 0.15) is 37.7 Å². The van der Waals surface area contributed by atoms with E-state index in [0.717, 1.165) is 44.5 Å². The van der Waals surface area contributed by atoms with Gasteiger partial charge in [0.15, 0.2) is 0 Å². The maximum absolute atomic E-state index is 12.2. The molecule has 126 valence electrons. The molecular weight excluding hydrogens is 294 g/mol. The SMILES string of the molecule is Cc1ccc(NC(=O)N2CCC(CCCC(=O)NO)CC2)cc1. The maximum Gasteiger partial charge on any atom is 0.321 e. The third-order valence-corrected chi connectivity index (χ3v) is 4.35. The van der Waals surface area contributed by atoms with E-state index in [1.54, 1.807) is 5.48 Å². The van der Waals surface area contributed by atoms with Crippen molar-refractivity contribution >= 4 is 17.6 Å². The zero-order valence-electron chi connectivity index (χ0n) is 13.5. The minimum absolute atomic E-state index is 0.0491. The molecule has 2 rings (SSSR count). The number of hydroxylamine groups is 1. The van der Waals surface area contributed by atoms with E-state index >= 15 is 0 Å². The smallest absolute Gasteiger partial charge is 0.321 e. The number of amides is 3. The lowest BCUT2D eigenvalue weighted by molar-refractivity contribution is -0.129. The van der Waals surface area contributed by atoms with E-state index < -0.39 is 0 Å². The van der Waals surface area contributed by atoms with Gasteiger partial charge >= 0.3 is 6.03 Å². The Bertz CT molecular complexity index is 522. The number of carbonyl (C=O) groups excluding carboxylic acids is 2. The number of anilines is 1. The average Bonchev–Trinajstić information content (AvgIpc) is 2.57. The minimum Gasteiger partial charge on any atom is -0.325 e. The fraction of sp³-hybridized carbons (Fsp3) is 0.529. The van der Waals surface area contributed by atoms with E-state index in [9.17, 15) is 9.59 Å². The van der Waals surface area contributed by atoms with E-state index in [4.69, 9.17) is 5.21 Å². The van der Waals surface area contributed by atoms with Crippen LogP contribution in [-0.4, -0.2) is 35.1 Å². The summed E-state index contributed by atoms with van der Waals surface area (Å²) in [6, 6.07) is 7.72. The molecule has 1 aliphatic heterocycles. The summed E-state index contributed by atoms with van der Waals surface area (Å²) in [5, 5.41) is 11.4. The van der Waals surface area contributed by atoms with Crippen LogP contribution in [-0.2, 0) is 4.79 Å². The second-order valence-electron chi connectivity index (χ2n) is 6.15. The molecule has 23 heavy (non-hydrogen) atoms. The van der Waals surface area contributed by atoms with Gasteiger partial charge in [-0.05, 0) is 50.7 Å². The number of rotatable bonds is 5. The maximum atomic E-state index is 12.2. The Morgan fingerprint density at radius 3 is 2.48 bits per heavy atom. The van der Waals surface area contributed by atoms with Gasteiger partial charge in [-0.3, -0.25) is 10.0 Å². The molecule has 6 heteroatoms. The molecule has 0 atom stereocenters. The first-order valence-corrected chi connectivity index (χ1v) is 8.14. The number of carbonyl (C=O) groups is 2. The number of hydrogen-bond donors (Lipinski definition) is 3. The van der Waals surface area contributed by atoms with Crippen LogP contribution in [0.2, 0.25) is 0 Å². The normalized spacial score (nSPS) is 15.3. The molecule has 0 saturated carbocycles. The summed E-state index contributed by atoms with van der Waals surface area (Å²) >= 11 is 0. The molecule has 0 bridgehead atoms. The van der Waals surface area contributed by atoms with Crippen molar-refractivity contribution in [2.45, 2.75) is 39.0 Å². The third-order valence-electron chi connectivity index (χ3n) is 4.35. The van der Waals surface area contributed by atoms with Crippen LogP contribution in [0.25, 0.3) is 0 Å². The second kappa shape index (κ2) is 8.53. The number of urea groups is 1. The molecule has 0 spiro atoms. The summed E-state index contributed by atoms with van der Waals surface area (Å²) in [6.07, 6.45) is 4.00. The van der Waals surface area contributed by atoms with Crippen molar-refractivity contribution < 1.29 is 14.8 Å². The molecule has 1 aliphatic rings. The van der Waals surface area contributed by atoms with Gasteiger partial charge in [0.1, 0.15) is 0 Å². The lowest BCUT2D eigenvalue weighted by Gasteiger charge is -2.32. The number of aryl methyl sites for hydroxylation is 1. The standard InChI is InChI=1S/C17H25N3O3/c1-13-5-7-15(8-6-13)18-17(22)20-11-9-14(10-12-20)3-2-4-16(21)19-23/h5-8,14,23H,2-4,9-12H2,1H3,(H,18,22)(H,19,21). The van der Waals surface area contributed by atoms with Gasteiger partial charge in [0, 0.05) is 25.2 Å². The molecule has 3 amide bonds. The molecule has 1 heterocycles. The number of likely N-dealkylation sites (tertiary alicyclic amines) is 1. The van der Waals surface area contributed by atoms with Crippen LogP contribution < -0.4 is 10.8 Å². The van der Waals surface area contributed by atoms with Gasteiger partial charge in [0.05, 0.1) is 0 Å². The van der Waals surface area contributed by atoms with Crippen molar-refractivity contribution in [3.05, 3.63) is 29.8 Å². The Morgan fingerprint density at radius 2 is 1.87 bits per heavy atom. The van der Waals surface area contributed by atoms with Crippen molar-refractivity contribution in [2.75, 3.05) is 18.4 Å². The monoisotopic (exact) mass is 319 g/mol. The highest BCUT2D eigenvalue weighted by Crippen LogP contribution is 2.23. The number of nitrogens with zero attached hydrogens (tertiary/aromatic N) is 1. The fourth-order valence-corrected chi connectivity index (χ4v) is 2.87. The number of nitrogens with one attached hydrogen (secondary N) is 2. The molecule has 3 N–H and O–H groups in total. The van der Waals surface area contributed by atoms with Crippen LogP contribution in [0.3, 0.4) is 0 Å². The van der Waals surface area contributed by atoms with Crippen molar-refractivity contribution in [1.82, 2.24) is 10.4 Å². The molecule has 0 aromatic heterocycles. The molecule has 1 saturated heterocycles. The predicted octanol–water partition coefficient (Wildman–Crippen LogP) is 2.91. The highest BCUT2D eigenvalue weighted by molar-refractivity contribution is 5.89. The Hall–Kier alpha value is -2.08. The van der Waals surface area contributed by atoms with E-state index in [1.165, 1.54) is 5.56 Å². The lowest BCUT2D eigenvalue weighted by atomic mass is 9.91. The summed E-state index contributed by atoms with van der Waals surface area (Å²) in [5.41, 5.74) is 3.63. The van der Waals surface area contributed by atoms with Crippen LogP contribution >= 0.6 is 0 Å². The summed E-state index contributed by atoms with van der Waals surface area (Å²) in [6.45, 7) is 3.50. The van der Waals surface area contributed by atoms with Crippen molar-refractivity contribution in [3.8, 4) is 0 Å². The first kappa shape index (κ1) is 17.3. The quantitative estimate of drug-likeness (QED) is 0.576. The van der Waals surface area contributed by atoms with Crippen molar-refractivity contribution in [3.63, 3.8) is 0 Å². The molecule has 6 nitrogen and oxygen atoms in total. The first-order chi connectivity index (χ1) is 11.1. The van der Waals surface area contributed by atoms with E-state index in [1.807, 2.05) is 36.1 Å². The van der Waals surface area contributed by atoms with E-state index in [-0.39, 0.29) is 11.9 Å². The topological polar surface area (TPSA) is 81.7 Å². The van der Waals surface area contributed by atoms with Crippen molar-refractivity contribution in [2.24, 2.45) is 5.92 Å². The van der Waals surface area contributed by atoms with Gasteiger partial charge < -0.3 is 10.2 Å². The van der Waals surface area contributed by atoms with E-state index in [0.29, 0.717) is 12.3 Å². The summed E-state index contributed by atoms with van der Waals surface area (Å²) < 4.78 is 0. The van der Waals surface area contributed by atoms with Gasteiger partial charge in [0.2, 0.25) is 5.91 Å². The van der Waals surface area contributed by atoms with Crippen LogP contribution in [0.15, 0.2) is 24.3 Å². The molecule has 1 aromatic carbocycles. The lowest BCUT2D eigenvalue weighted by Crippen LogP contribution is -2.41. The van der Waals surface area contributed by atoms with Gasteiger partial charge in [-0.2, -0.15) is 0 Å². The summed E-state index contributed by atoms with van der Waals surface area (Å²) in [5.74, 6) is 0.213. The molecule has 0 radical (unpaired) electrons. The Balaban J connectivity index is 1.70. The third kappa shape index (κ3) is 5.56. The zero-order valence-corrected chi connectivity index (χ0v) is 13.5. The minimum atomic E-state index is -0.333. The Labute approximate surface area is 136 Å². The summed E-state index contributed by atoms with van der Waals surface area (Å²) in [4.78, 5) is 25.0. The number of benzene rings is 1. The van der Waals surface area contributed by atoms with Gasteiger partial charge in [-0.1, -0.05) is 17.7 Å². The van der Waals surface area contributed by atoms with Gasteiger partial charge in [0.25, 0.3) is 0 Å². The van der Waals surface area contributed by atoms with Crippen molar-refractivity contribution in [1.29, 1.82) is 0 Å². The molecular formula is C17H25N3O3. The highest BCUT2D eigenvalue weighted by atomic mass is 16.5. The Morgan fingerprint density at radius 1 is 1.22 bits per heavy atom. The average molecular weight is 319 g/mol.